The van der Waals surface area contributed by atoms with E-state index >= 15 is 0 Å². The molecule has 1 aromatic carbocycles. The van der Waals surface area contributed by atoms with Gasteiger partial charge in [-0.2, -0.15) is 11.8 Å². The van der Waals surface area contributed by atoms with Crippen LogP contribution in [0.4, 0.5) is 0 Å². The predicted octanol–water partition coefficient (Wildman–Crippen LogP) is 3.28. The molecule has 0 spiro atoms. The first-order valence-electron chi connectivity index (χ1n) is 7.30. The summed E-state index contributed by atoms with van der Waals surface area (Å²) < 4.78 is 5.30. The van der Waals surface area contributed by atoms with Crippen LogP contribution in [-0.4, -0.2) is 31.2 Å². The SMILES string of the molecule is COc1cccc(C2CC(NCC3CCSC3)C2)c1. The summed E-state index contributed by atoms with van der Waals surface area (Å²) in [5, 5.41) is 3.74. The fourth-order valence-corrected chi connectivity index (χ4v) is 4.31. The zero-order valence-corrected chi connectivity index (χ0v) is 12.4. The Morgan fingerprint density at radius 1 is 1.37 bits per heavy atom. The van der Waals surface area contributed by atoms with Crippen molar-refractivity contribution in [3.8, 4) is 5.75 Å². The van der Waals surface area contributed by atoms with Crippen LogP contribution >= 0.6 is 11.8 Å². The van der Waals surface area contributed by atoms with Gasteiger partial charge in [0.2, 0.25) is 0 Å². The average molecular weight is 277 g/mol. The lowest BCUT2D eigenvalue weighted by Gasteiger charge is -2.37. The number of hydrogen-bond acceptors (Lipinski definition) is 3. The van der Waals surface area contributed by atoms with Crippen molar-refractivity contribution in [2.75, 3.05) is 25.2 Å². The van der Waals surface area contributed by atoms with Crippen molar-refractivity contribution in [3.05, 3.63) is 29.8 Å². The molecule has 0 bridgehead atoms. The monoisotopic (exact) mass is 277 g/mol. The van der Waals surface area contributed by atoms with Crippen LogP contribution in [0.25, 0.3) is 0 Å². The minimum atomic E-state index is 0.727. The molecule has 2 nitrogen and oxygen atoms in total. The van der Waals surface area contributed by atoms with Crippen molar-refractivity contribution in [1.82, 2.24) is 5.32 Å². The Bertz CT molecular complexity index is 411. The first-order chi connectivity index (χ1) is 9.35. The number of thioether (sulfide) groups is 1. The Morgan fingerprint density at radius 2 is 2.26 bits per heavy atom. The third kappa shape index (κ3) is 3.26. The molecule has 2 aliphatic rings. The smallest absolute Gasteiger partial charge is 0.119 e. The van der Waals surface area contributed by atoms with E-state index in [4.69, 9.17) is 4.74 Å². The van der Waals surface area contributed by atoms with E-state index in [1.807, 2.05) is 6.07 Å². The number of benzene rings is 1. The van der Waals surface area contributed by atoms with E-state index in [-0.39, 0.29) is 0 Å². The van der Waals surface area contributed by atoms with E-state index < -0.39 is 0 Å². The van der Waals surface area contributed by atoms with E-state index in [1.54, 1.807) is 7.11 Å². The van der Waals surface area contributed by atoms with Gasteiger partial charge in [-0.25, -0.2) is 0 Å². The van der Waals surface area contributed by atoms with E-state index in [0.717, 1.165) is 23.6 Å². The van der Waals surface area contributed by atoms with Gasteiger partial charge in [0, 0.05) is 6.04 Å². The van der Waals surface area contributed by atoms with Gasteiger partial charge in [0.05, 0.1) is 7.11 Å². The van der Waals surface area contributed by atoms with Crippen LogP contribution in [0.2, 0.25) is 0 Å². The second kappa shape index (κ2) is 6.19. The number of methoxy groups -OCH3 is 1. The Morgan fingerprint density at radius 3 is 3.00 bits per heavy atom. The summed E-state index contributed by atoms with van der Waals surface area (Å²) in [6, 6.07) is 9.29. The van der Waals surface area contributed by atoms with Crippen LogP contribution in [0.5, 0.6) is 5.75 Å². The quantitative estimate of drug-likeness (QED) is 0.892. The number of ether oxygens (including phenoxy) is 1. The lowest BCUT2D eigenvalue weighted by Crippen LogP contribution is -2.42. The molecule has 1 saturated carbocycles. The highest BCUT2D eigenvalue weighted by Crippen LogP contribution is 2.38. The third-order valence-electron chi connectivity index (χ3n) is 4.42. The van der Waals surface area contributed by atoms with Gasteiger partial charge in [0.15, 0.2) is 0 Å². The summed E-state index contributed by atoms with van der Waals surface area (Å²) in [4.78, 5) is 0. The van der Waals surface area contributed by atoms with Crippen molar-refractivity contribution >= 4 is 11.8 Å². The van der Waals surface area contributed by atoms with Gasteiger partial charge in [0.1, 0.15) is 5.75 Å². The molecular weight excluding hydrogens is 254 g/mol. The molecule has 104 valence electrons. The molecule has 3 heteroatoms. The molecule has 0 radical (unpaired) electrons. The Balaban J connectivity index is 1.44. The maximum absolute atomic E-state index is 5.30. The summed E-state index contributed by atoms with van der Waals surface area (Å²) in [5.41, 5.74) is 1.44. The fraction of sp³-hybridized carbons (Fsp3) is 0.625. The molecule has 1 N–H and O–H groups in total. The van der Waals surface area contributed by atoms with Gasteiger partial charge in [-0.1, -0.05) is 12.1 Å². The van der Waals surface area contributed by atoms with Gasteiger partial charge in [-0.05, 0) is 66.8 Å². The summed E-state index contributed by atoms with van der Waals surface area (Å²) in [5.74, 6) is 5.35. The van der Waals surface area contributed by atoms with E-state index in [1.165, 1.54) is 42.9 Å². The molecule has 3 rings (SSSR count). The zero-order chi connectivity index (χ0) is 13.1. The van der Waals surface area contributed by atoms with Crippen LogP contribution < -0.4 is 10.1 Å². The summed E-state index contributed by atoms with van der Waals surface area (Å²) in [7, 11) is 1.74. The Labute approximate surface area is 120 Å². The topological polar surface area (TPSA) is 21.3 Å². The molecule has 1 aliphatic heterocycles. The Hall–Kier alpha value is -0.670. The van der Waals surface area contributed by atoms with Gasteiger partial charge in [-0.3, -0.25) is 0 Å². The molecule has 1 saturated heterocycles. The Kier molecular flexibility index (Phi) is 4.34. The molecule has 19 heavy (non-hydrogen) atoms. The predicted molar refractivity (Wildman–Crippen MR) is 82.2 cm³/mol. The number of nitrogens with one attached hydrogen (secondary N) is 1. The lowest BCUT2D eigenvalue weighted by molar-refractivity contribution is 0.279. The molecule has 1 atom stereocenters. The fourth-order valence-electron chi connectivity index (χ4n) is 3.03. The average Bonchev–Trinajstić information content (AvgIpc) is 2.90. The van der Waals surface area contributed by atoms with Crippen molar-refractivity contribution in [3.63, 3.8) is 0 Å². The van der Waals surface area contributed by atoms with Gasteiger partial charge < -0.3 is 10.1 Å². The van der Waals surface area contributed by atoms with Crippen molar-refractivity contribution in [2.24, 2.45) is 5.92 Å². The van der Waals surface area contributed by atoms with Crippen molar-refractivity contribution in [1.29, 1.82) is 0 Å². The summed E-state index contributed by atoms with van der Waals surface area (Å²) in [6.45, 7) is 1.22. The first kappa shape index (κ1) is 13.3. The normalized spacial score (nSPS) is 30.1. The highest BCUT2D eigenvalue weighted by Gasteiger charge is 2.30. The van der Waals surface area contributed by atoms with Gasteiger partial charge in [0.25, 0.3) is 0 Å². The second-order valence-electron chi connectivity index (χ2n) is 5.78. The standard InChI is InChI=1S/C16H23NOS/c1-18-16-4-2-3-13(9-16)14-7-15(8-14)17-10-12-5-6-19-11-12/h2-4,9,12,14-15,17H,5-8,10-11H2,1H3. The number of hydrogen-bond donors (Lipinski definition) is 1. The molecule has 1 aliphatic carbocycles. The summed E-state index contributed by atoms with van der Waals surface area (Å²) >= 11 is 2.11. The maximum atomic E-state index is 5.30. The van der Waals surface area contributed by atoms with E-state index in [2.05, 4.69) is 35.3 Å². The molecule has 0 amide bonds. The molecule has 1 aromatic rings. The first-order valence-corrected chi connectivity index (χ1v) is 8.45. The van der Waals surface area contributed by atoms with Gasteiger partial charge in [-0.15, -0.1) is 0 Å². The van der Waals surface area contributed by atoms with Crippen molar-refractivity contribution < 1.29 is 4.74 Å². The zero-order valence-electron chi connectivity index (χ0n) is 11.6. The minimum absolute atomic E-state index is 0.727. The lowest BCUT2D eigenvalue weighted by atomic mass is 9.75. The van der Waals surface area contributed by atoms with E-state index in [9.17, 15) is 0 Å². The van der Waals surface area contributed by atoms with Crippen LogP contribution in [-0.2, 0) is 0 Å². The van der Waals surface area contributed by atoms with Crippen LogP contribution in [0.1, 0.15) is 30.7 Å². The molecule has 2 fully saturated rings. The highest BCUT2D eigenvalue weighted by atomic mass is 32.2. The second-order valence-corrected chi connectivity index (χ2v) is 6.93. The summed E-state index contributed by atoms with van der Waals surface area (Å²) in [6.07, 6.45) is 3.98. The number of rotatable bonds is 5. The minimum Gasteiger partial charge on any atom is -0.497 e. The van der Waals surface area contributed by atoms with Crippen LogP contribution in [0.15, 0.2) is 24.3 Å². The van der Waals surface area contributed by atoms with Crippen molar-refractivity contribution in [2.45, 2.75) is 31.2 Å². The largest absolute Gasteiger partial charge is 0.497 e. The van der Waals surface area contributed by atoms with Crippen LogP contribution in [0, 0.1) is 5.92 Å². The third-order valence-corrected chi connectivity index (χ3v) is 5.65. The van der Waals surface area contributed by atoms with E-state index in [0.29, 0.717) is 0 Å². The maximum Gasteiger partial charge on any atom is 0.119 e. The van der Waals surface area contributed by atoms with Crippen LogP contribution in [0.3, 0.4) is 0 Å². The molecular formula is C16H23NOS. The highest BCUT2D eigenvalue weighted by molar-refractivity contribution is 7.99. The van der Waals surface area contributed by atoms with Gasteiger partial charge >= 0.3 is 0 Å². The molecule has 1 unspecified atom stereocenters. The molecule has 1 heterocycles. The molecule has 0 aromatic heterocycles.